The molecule has 2 N–H and O–H groups in total. The molecular weight excluding hydrogens is 442 g/mol. The Morgan fingerprint density at radius 1 is 0.969 bits per heavy atom. The highest BCUT2D eigenvalue weighted by Gasteiger charge is 2.20. The first-order valence-corrected chi connectivity index (χ1v) is 12.9. The Bertz CT molecular complexity index is 1020. The van der Waals surface area contributed by atoms with Crippen molar-refractivity contribution in [2.45, 2.75) is 18.4 Å². The van der Waals surface area contributed by atoms with E-state index in [4.69, 9.17) is 0 Å². The second-order valence-electron chi connectivity index (χ2n) is 6.93. The van der Waals surface area contributed by atoms with Crippen LogP contribution in [0.4, 0.5) is 0 Å². The summed E-state index contributed by atoms with van der Waals surface area (Å²) >= 11 is 3.37. The monoisotopic (exact) mass is 469 g/mol. The van der Waals surface area contributed by atoms with Crippen LogP contribution in [0.1, 0.15) is 39.0 Å². The smallest absolute Gasteiger partial charge is 0.273 e. The number of hydrogen-bond acceptors (Lipinski definition) is 6. The van der Waals surface area contributed by atoms with E-state index >= 15 is 0 Å². The van der Waals surface area contributed by atoms with Gasteiger partial charge < -0.3 is 10.6 Å². The van der Waals surface area contributed by atoms with Crippen LogP contribution in [0.2, 0.25) is 0 Å². The van der Waals surface area contributed by atoms with Crippen molar-refractivity contribution < 1.29 is 9.59 Å². The van der Waals surface area contributed by atoms with Crippen molar-refractivity contribution in [1.82, 2.24) is 25.6 Å². The van der Waals surface area contributed by atoms with Gasteiger partial charge >= 0.3 is 0 Å². The number of amides is 2. The van der Waals surface area contributed by atoms with E-state index in [2.05, 4.69) is 33.1 Å². The third kappa shape index (κ3) is 6.37. The van der Waals surface area contributed by atoms with E-state index in [-0.39, 0.29) is 11.8 Å². The third-order valence-electron chi connectivity index (χ3n) is 4.61. The third-order valence-corrected chi connectivity index (χ3v) is 6.21. The number of benzene rings is 2. The van der Waals surface area contributed by atoms with E-state index in [9.17, 15) is 9.59 Å². The molecular formula is C23H27N5O2S2. The molecule has 3 rings (SSSR count). The number of nitrogens with one attached hydrogen (secondary N) is 2. The Kier molecular flexibility index (Phi) is 9.18. The van der Waals surface area contributed by atoms with Crippen molar-refractivity contribution in [2.75, 3.05) is 25.1 Å². The van der Waals surface area contributed by atoms with Gasteiger partial charge in [-0.15, -0.1) is 5.10 Å². The fraction of sp³-hybridized carbons (Fsp3) is 0.304. The SMILES string of the molecule is CCNC(=O)c1ccc(-n2nnc(C(=O)NCCSCc3ccccc3)c2CSC)cc1. The van der Waals surface area contributed by atoms with Crippen LogP contribution in [0.15, 0.2) is 54.6 Å². The highest BCUT2D eigenvalue weighted by atomic mass is 32.2. The van der Waals surface area contributed by atoms with Crippen molar-refractivity contribution in [3.63, 3.8) is 0 Å². The molecule has 2 amide bonds. The van der Waals surface area contributed by atoms with E-state index in [0.29, 0.717) is 30.1 Å². The summed E-state index contributed by atoms with van der Waals surface area (Å²) < 4.78 is 1.66. The highest BCUT2D eigenvalue weighted by Crippen LogP contribution is 2.18. The molecule has 168 valence electrons. The zero-order chi connectivity index (χ0) is 22.8. The van der Waals surface area contributed by atoms with Crippen LogP contribution in [0.3, 0.4) is 0 Å². The van der Waals surface area contributed by atoms with Gasteiger partial charge in [0.05, 0.1) is 11.4 Å². The lowest BCUT2D eigenvalue weighted by molar-refractivity contribution is 0.0944. The van der Waals surface area contributed by atoms with Crippen molar-refractivity contribution in [1.29, 1.82) is 0 Å². The van der Waals surface area contributed by atoms with Crippen LogP contribution in [-0.4, -0.2) is 51.9 Å². The summed E-state index contributed by atoms with van der Waals surface area (Å²) in [7, 11) is 0. The molecule has 1 aromatic heterocycles. The Labute approximate surface area is 196 Å². The van der Waals surface area contributed by atoms with Crippen LogP contribution < -0.4 is 10.6 Å². The Morgan fingerprint density at radius 3 is 2.41 bits per heavy atom. The second kappa shape index (κ2) is 12.3. The zero-order valence-electron chi connectivity index (χ0n) is 18.2. The molecule has 0 spiro atoms. The predicted octanol–water partition coefficient (Wildman–Crippen LogP) is 3.54. The van der Waals surface area contributed by atoms with Gasteiger partial charge in [0.2, 0.25) is 0 Å². The maximum Gasteiger partial charge on any atom is 0.273 e. The lowest BCUT2D eigenvalue weighted by Crippen LogP contribution is -2.27. The van der Waals surface area contributed by atoms with Crippen LogP contribution in [0.5, 0.6) is 0 Å². The average molecular weight is 470 g/mol. The van der Waals surface area contributed by atoms with Gasteiger partial charge in [-0.1, -0.05) is 35.5 Å². The largest absolute Gasteiger partial charge is 0.352 e. The Balaban J connectivity index is 1.62. The minimum absolute atomic E-state index is 0.118. The van der Waals surface area contributed by atoms with Crippen molar-refractivity contribution >= 4 is 35.3 Å². The molecule has 0 saturated carbocycles. The molecule has 32 heavy (non-hydrogen) atoms. The summed E-state index contributed by atoms with van der Waals surface area (Å²) in [5.41, 5.74) is 3.67. The molecule has 2 aromatic carbocycles. The molecule has 9 heteroatoms. The van der Waals surface area contributed by atoms with Crippen LogP contribution in [0, 0.1) is 0 Å². The van der Waals surface area contributed by atoms with Crippen molar-refractivity contribution in [3.8, 4) is 5.69 Å². The van der Waals surface area contributed by atoms with Gasteiger partial charge in [-0.25, -0.2) is 4.68 Å². The fourth-order valence-corrected chi connectivity index (χ4v) is 4.40. The van der Waals surface area contributed by atoms with Gasteiger partial charge in [-0.3, -0.25) is 9.59 Å². The van der Waals surface area contributed by atoms with Gasteiger partial charge in [-0.2, -0.15) is 23.5 Å². The summed E-state index contributed by atoms with van der Waals surface area (Å²) in [5, 5.41) is 14.1. The number of thioether (sulfide) groups is 2. The van der Waals surface area contributed by atoms with E-state index in [1.807, 2.05) is 43.5 Å². The zero-order valence-corrected chi connectivity index (χ0v) is 19.8. The lowest BCUT2D eigenvalue weighted by atomic mass is 10.2. The predicted molar refractivity (Wildman–Crippen MR) is 132 cm³/mol. The summed E-state index contributed by atoms with van der Waals surface area (Å²) in [6.45, 7) is 3.01. The van der Waals surface area contributed by atoms with Crippen molar-refractivity contribution in [2.24, 2.45) is 0 Å². The van der Waals surface area contributed by atoms with E-state index in [1.165, 1.54) is 5.56 Å². The maximum absolute atomic E-state index is 12.7. The minimum Gasteiger partial charge on any atom is -0.352 e. The van der Waals surface area contributed by atoms with Gasteiger partial charge in [-0.05, 0) is 43.0 Å². The number of rotatable bonds is 11. The quantitative estimate of drug-likeness (QED) is 0.418. The lowest BCUT2D eigenvalue weighted by Gasteiger charge is -2.09. The topological polar surface area (TPSA) is 88.9 Å². The molecule has 0 fully saturated rings. The molecule has 0 aliphatic rings. The molecule has 1 heterocycles. The van der Waals surface area contributed by atoms with Crippen LogP contribution in [0.25, 0.3) is 5.69 Å². The first kappa shape index (κ1) is 23.9. The van der Waals surface area contributed by atoms with E-state index in [1.54, 1.807) is 40.3 Å². The van der Waals surface area contributed by atoms with E-state index in [0.717, 1.165) is 22.9 Å². The molecule has 0 aliphatic heterocycles. The summed E-state index contributed by atoms with van der Waals surface area (Å²) in [5.74, 6) is 1.98. The second-order valence-corrected chi connectivity index (χ2v) is 8.90. The van der Waals surface area contributed by atoms with Gasteiger partial charge in [0.25, 0.3) is 11.8 Å². The summed E-state index contributed by atoms with van der Waals surface area (Å²) in [4.78, 5) is 24.7. The average Bonchev–Trinajstić information content (AvgIpc) is 3.23. The minimum atomic E-state index is -0.223. The molecule has 7 nitrogen and oxygen atoms in total. The fourth-order valence-electron chi connectivity index (χ4n) is 3.05. The number of nitrogens with zero attached hydrogens (tertiary/aromatic N) is 3. The van der Waals surface area contributed by atoms with Crippen LogP contribution >= 0.6 is 23.5 Å². The number of carbonyl (C=O) groups excluding carboxylic acids is 2. The number of carbonyl (C=O) groups is 2. The molecule has 0 aliphatic carbocycles. The van der Waals surface area contributed by atoms with E-state index < -0.39 is 0 Å². The number of hydrogen-bond donors (Lipinski definition) is 2. The Morgan fingerprint density at radius 2 is 1.72 bits per heavy atom. The molecule has 0 radical (unpaired) electrons. The normalized spacial score (nSPS) is 10.7. The van der Waals surface area contributed by atoms with Gasteiger partial charge in [0.1, 0.15) is 0 Å². The molecule has 3 aromatic rings. The highest BCUT2D eigenvalue weighted by molar-refractivity contribution is 7.98. The van der Waals surface area contributed by atoms with Crippen molar-refractivity contribution in [3.05, 3.63) is 77.1 Å². The maximum atomic E-state index is 12.7. The van der Waals surface area contributed by atoms with Crippen LogP contribution in [-0.2, 0) is 11.5 Å². The first-order valence-electron chi connectivity index (χ1n) is 10.4. The first-order chi connectivity index (χ1) is 15.6. The van der Waals surface area contributed by atoms with Gasteiger partial charge in [0.15, 0.2) is 5.69 Å². The summed E-state index contributed by atoms with van der Waals surface area (Å²) in [6.07, 6.45) is 1.97. The molecule has 0 unspecified atom stereocenters. The standard InChI is InChI=1S/C23H27N5O2S2/c1-3-24-22(29)18-9-11-19(12-10-18)28-20(16-31-2)21(26-27-28)23(30)25-13-14-32-15-17-7-5-4-6-8-17/h4-12H,3,13-16H2,1-2H3,(H,24,29)(H,25,30). The summed E-state index contributed by atoms with van der Waals surface area (Å²) in [6, 6.07) is 17.4. The van der Waals surface area contributed by atoms with Gasteiger partial charge in [0, 0.05) is 35.9 Å². The molecule has 0 saturated heterocycles. The number of aromatic nitrogens is 3. The molecule has 0 atom stereocenters. The molecule has 0 bridgehead atoms. The Hall–Kier alpha value is -2.78.